The van der Waals surface area contributed by atoms with Gasteiger partial charge in [0.2, 0.25) is 0 Å². The second-order valence-corrected chi connectivity index (χ2v) is 5.85. The normalized spacial score (nSPS) is 11.2. The zero-order valence-corrected chi connectivity index (χ0v) is 13.1. The van der Waals surface area contributed by atoms with E-state index in [1.807, 2.05) is 30.5 Å². The molecular weight excluding hydrogens is 321 g/mol. The van der Waals surface area contributed by atoms with Crippen molar-refractivity contribution in [3.63, 3.8) is 0 Å². The van der Waals surface area contributed by atoms with E-state index in [4.69, 9.17) is 34.8 Å². The Morgan fingerprint density at radius 1 is 0.947 bits per heavy atom. The van der Waals surface area contributed by atoms with Crippen LogP contribution in [0, 0.1) is 0 Å². The topological polar surface area (TPSA) is 12.4 Å². The summed E-state index contributed by atoms with van der Waals surface area (Å²) in [4.78, 5) is 5.54. The fraction of sp³-hybridized carbons (Fsp3) is 0.0714. The van der Waals surface area contributed by atoms with Gasteiger partial charge in [-0.3, -0.25) is 4.99 Å². The largest absolute Gasteiger partial charge is 0.255 e. The summed E-state index contributed by atoms with van der Waals surface area (Å²) < 4.78 is 0. The molecule has 0 fully saturated rings. The van der Waals surface area contributed by atoms with Gasteiger partial charge in [-0.25, -0.2) is 0 Å². The maximum absolute atomic E-state index is 6.06. The maximum atomic E-state index is 6.06. The van der Waals surface area contributed by atoms with Gasteiger partial charge in [0.1, 0.15) is 0 Å². The van der Waals surface area contributed by atoms with Gasteiger partial charge in [0.25, 0.3) is 0 Å². The lowest BCUT2D eigenvalue weighted by Crippen LogP contribution is -1.81. The number of hydrogen-bond acceptors (Lipinski definition) is 2. The van der Waals surface area contributed by atoms with E-state index in [2.05, 4.69) is 4.99 Å². The second-order valence-electron chi connectivity index (χ2n) is 3.75. The molecule has 0 N–H and O–H groups in total. The molecule has 2 aromatic rings. The third kappa shape index (κ3) is 3.90. The minimum absolute atomic E-state index is 0.426. The van der Waals surface area contributed by atoms with Crippen LogP contribution in [0.25, 0.3) is 0 Å². The van der Waals surface area contributed by atoms with Crippen LogP contribution in [0.3, 0.4) is 0 Å². The smallest absolute Gasteiger partial charge is 0.0831 e. The number of rotatable bonds is 3. The number of nitrogens with zero attached hydrogens (tertiary/aromatic N) is 1. The second kappa shape index (κ2) is 6.67. The van der Waals surface area contributed by atoms with Gasteiger partial charge in [0.15, 0.2) is 0 Å². The zero-order valence-electron chi connectivity index (χ0n) is 10.0. The highest BCUT2D eigenvalue weighted by Gasteiger charge is 2.04. The monoisotopic (exact) mass is 329 g/mol. The van der Waals surface area contributed by atoms with Gasteiger partial charge < -0.3 is 0 Å². The highest BCUT2D eigenvalue weighted by molar-refractivity contribution is 7.98. The average Bonchev–Trinajstić information content (AvgIpc) is 2.42. The van der Waals surface area contributed by atoms with Gasteiger partial charge in [-0.2, -0.15) is 0 Å². The third-order valence-corrected chi connectivity index (χ3v) is 4.23. The van der Waals surface area contributed by atoms with Crippen molar-refractivity contribution in [2.45, 2.75) is 4.90 Å². The summed E-state index contributed by atoms with van der Waals surface area (Å²) in [6.45, 7) is 0. The Balaban J connectivity index is 2.24. The zero-order chi connectivity index (χ0) is 13.8. The fourth-order valence-corrected chi connectivity index (χ4v) is 2.44. The lowest BCUT2D eigenvalue weighted by Gasteiger charge is -2.01. The average molecular weight is 331 g/mol. The highest BCUT2D eigenvalue weighted by atomic mass is 35.5. The molecule has 0 aliphatic rings. The van der Waals surface area contributed by atoms with Crippen molar-refractivity contribution < 1.29 is 0 Å². The molecule has 0 bridgehead atoms. The summed E-state index contributed by atoms with van der Waals surface area (Å²) in [7, 11) is 0. The van der Waals surface area contributed by atoms with E-state index in [0.717, 1.165) is 5.56 Å². The minimum atomic E-state index is 0.426. The Morgan fingerprint density at radius 3 is 2.21 bits per heavy atom. The van der Waals surface area contributed by atoms with Gasteiger partial charge in [0, 0.05) is 11.1 Å². The molecule has 0 radical (unpaired) electrons. The Hall–Kier alpha value is -0.670. The van der Waals surface area contributed by atoms with Gasteiger partial charge >= 0.3 is 0 Å². The molecule has 2 aromatic carbocycles. The molecule has 98 valence electrons. The first-order valence-electron chi connectivity index (χ1n) is 5.43. The number of thioether (sulfide) groups is 1. The molecule has 19 heavy (non-hydrogen) atoms. The molecule has 0 heterocycles. The first kappa shape index (κ1) is 14.7. The number of aliphatic imine (C=N–C) groups is 1. The first-order chi connectivity index (χ1) is 9.10. The number of benzene rings is 2. The van der Waals surface area contributed by atoms with Crippen molar-refractivity contribution in [2.75, 3.05) is 6.26 Å². The third-order valence-electron chi connectivity index (χ3n) is 2.46. The molecule has 0 saturated heterocycles. The minimum Gasteiger partial charge on any atom is -0.255 e. The van der Waals surface area contributed by atoms with Crippen LogP contribution in [0.1, 0.15) is 5.56 Å². The van der Waals surface area contributed by atoms with E-state index in [0.29, 0.717) is 20.8 Å². The van der Waals surface area contributed by atoms with Crippen molar-refractivity contribution in [2.24, 2.45) is 4.99 Å². The van der Waals surface area contributed by atoms with E-state index in [9.17, 15) is 0 Å². The summed E-state index contributed by atoms with van der Waals surface area (Å²) in [6, 6.07) is 11.3. The molecule has 0 unspecified atom stereocenters. The number of hydrogen-bond donors (Lipinski definition) is 0. The lowest BCUT2D eigenvalue weighted by molar-refractivity contribution is 1.45. The molecule has 5 heteroatoms. The molecule has 0 aliphatic carbocycles. The van der Waals surface area contributed by atoms with Crippen LogP contribution in [0.2, 0.25) is 15.1 Å². The van der Waals surface area contributed by atoms with Crippen molar-refractivity contribution in [3.8, 4) is 0 Å². The van der Waals surface area contributed by atoms with E-state index >= 15 is 0 Å². The molecule has 0 spiro atoms. The molecule has 0 aliphatic heterocycles. The lowest BCUT2D eigenvalue weighted by atomic mass is 10.2. The molecule has 2 rings (SSSR count). The SMILES string of the molecule is CSc1ccc(C=Nc2cc(Cl)c(Cl)cc2Cl)cc1. The van der Waals surface area contributed by atoms with Crippen molar-refractivity contribution in [1.29, 1.82) is 0 Å². The van der Waals surface area contributed by atoms with Crippen LogP contribution < -0.4 is 0 Å². The highest BCUT2D eigenvalue weighted by Crippen LogP contribution is 2.33. The van der Waals surface area contributed by atoms with E-state index in [1.54, 1.807) is 30.1 Å². The fourth-order valence-electron chi connectivity index (χ4n) is 1.45. The molecule has 0 atom stereocenters. The van der Waals surface area contributed by atoms with Gasteiger partial charge in [-0.1, -0.05) is 46.9 Å². The predicted octanol–water partition coefficient (Wildman–Crippen LogP) is 6.12. The van der Waals surface area contributed by atoms with Gasteiger partial charge in [-0.15, -0.1) is 11.8 Å². The Kier molecular flexibility index (Phi) is 5.17. The van der Waals surface area contributed by atoms with E-state index in [-0.39, 0.29) is 0 Å². The maximum Gasteiger partial charge on any atom is 0.0831 e. The van der Waals surface area contributed by atoms with Crippen LogP contribution in [-0.2, 0) is 0 Å². The van der Waals surface area contributed by atoms with E-state index < -0.39 is 0 Å². The molecular formula is C14H10Cl3NS. The van der Waals surface area contributed by atoms with Crippen molar-refractivity contribution in [3.05, 3.63) is 57.0 Å². The summed E-state index contributed by atoms with van der Waals surface area (Å²) >= 11 is 19.6. The van der Waals surface area contributed by atoms with Crippen LogP contribution >= 0.6 is 46.6 Å². The molecule has 0 amide bonds. The molecule has 0 aromatic heterocycles. The van der Waals surface area contributed by atoms with Crippen LogP contribution in [0.4, 0.5) is 5.69 Å². The number of halogens is 3. The molecule has 1 nitrogen and oxygen atoms in total. The van der Waals surface area contributed by atoms with Gasteiger partial charge in [0.05, 0.1) is 20.8 Å². The summed E-state index contributed by atoms with van der Waals surface area (Å²) in [5, 5.41) is 1.34. The quantitative estimate of drug-likeness (QED) is 0.375. The molecule has 0 saturated carbocycles. The van der Waals surface area contributed by atoms with Crippen LogP contribution in [0.5, 0.6) is 0 Å². The van der Waals surface area contributed by atoms with Gasteiger partial charge in [-0.05, 0) is 36.1 Å². The van der Waals surface area contributed by atoms with Crippen LogP contribution in [-0.4, -0.2) is 12.5 Å². The standard InChI is InChI=1S/C14H10Cl3NS/c1-19-10-4-2-9(3-5-10)8-18-14-7-12(16)11(15)6-13(14)17/h2-8H,1H3. The Bertz CT molecular complexity index is 609. The summed E-state index contributed by atoms with van der Waals surface area (Å²) in [6.07, 6.45) is 3.79. The van der Waals surface area contributed by atoms with E-state index in [1.165, 1.54) is 4.90 Å². The van der Waals surface area contributed by atoms with Crippen molar-refractivity contribution in [1.82, 2.24) is 0 Å². The Morgan fingerprint density at radius 2 is 1.58 bits per heavy atom. The Labute approximate surface area is 131 Å². The predicted molar refractivity (Wildman–Crippen MR) is 86.9 cm³/mol. The summed E-state index contributed by atoms with van der Waals surface area (Å²) in [5.74, 6) is 0. The van der Waals surface area contributed by atoms with Crippen molar-refractivity contribution >= 4 is 58.5 Å². The first-order valence-corrected chi connectivity index (χ1v) is 7.78. The van der Waals surface area contributed by atoms with Crippen LogP contribution in [0.15, 0.2) is 46.3 Å². The summed E-state index contributed by atoms with van der Waals surface area (Å²) in [5.41, 5.74) is 1.60.